The van der Waals surface area contributed by atoms with Crippen molar-refractivity contribution in [1.82, 2.24) is 4.90 Å². The van der Waals surface area contributed by atoms with Gasteiger partial charge in [0.25, 0.3) is 5.91 Å². The van der Waals surface area contributed by atoms with Crippen LogP contribution in [0, 0.1) is 0 Å². The normalized spacial score (nSPS) is 22.6. The maximum Gasteiger partial charge on any atom is 0.254 e. The van der Waals surface area contributed by atoms with Crippen LogP contribution in [0.5, 0.6) is 0 Å². The second kappa shape index (κ2) is 3.34. The third-order valence-electron chi connectivity index (χ3n) is 4.29. The minimum Gasteiger partial charge on any atom is -0.332 e. The summed E-state index contributed by atoms with van der Waals surface area (Å²) in [6.45, 7) is 0. The van der Waals surface area contributed by atoms with Gasteiger partial charge < -0.3 is 4.90 Å². The summed E-state index contributed by atoms with van der Waals surface area (Å²) in [6, 6.07) is 8.13. The minimum atomic E-state index is 0.0198. The third-order valence-corrected chi connectivity index (χ3v) is 4.29. The summed E-state index contributed by atoms with van der Waals surface area (Å²) in [5.74, 6) is 0.206. The number of fused-ring (bicyclic) bond motifs is 2. The monoisotopic (exact) mass is 215 g/mol. The molecule has 1 aliphatic heterocycles. The van der Waals surface area contributed by atoms with Crippen molar-refractivity contribution in [2.75, 3.05) is 7.05 Å². The molecule has 1 amide bonds. The van der Waals surface area contributed by atoms with Gasteiger partial charge in [-0.05, 0) is 24.5 Å². The second-order valence-electron chi connectivity index (χ2n) is 5.00. The van der Waals surface area contributed by atoms with E-state index in [0.717, 1.165) is 18.4 Å². The maximum absolute atomic E-state index is 12.2. The number of rotatable bonds is 0. The van der Waals surface area contributed by atoms with Crippen LogP contribution in [0.4, 0.5) is 0 Å². The first-order chi connectivity index (χ1) is 7.76. The maximum atomic E-state index is 12.2. The van der Waals surface area contributed by atoms with Gasteiger partial charge in [-0.1, -0.05) is 37.5 Å². The molecule has 2 nitrogen and oxygen atoms in total. The molecule has 1 saturated carbocycles. The van der Waals surface area contributed by atoms with Crippen molar-refractivity contribution in [1.29, 1.82) is 0 Å². The van der Waals surface area contributed by atoms with E-state index in [0.29, 0.717) is 0 Å². The van der Waals surface area contributed by atoms with E-state index in [9.17, 15) is 4.79 Å². The molecule has 0 saturated heterocycles. The van der Waals surface area contributed by atoms with Crippen molar-refractivity contribution < 1.29 is 4.79 Å². The standard InChI is InChI=1S/C14H17NO/c1-15-13(16)11-7-3-4-8-12(11)14(15)9-5-2-6-10-14/h3-4,7-8H,2,5-6,9-10H2,1H3. The molecule has 0 aromatic heterocycles. The molecule has 1 spiro atoms. The van der Waals surface area contributed by atoms with Gasteiger partial charge in [-0.3, -0.25) is 4.79 Å². The van der Waals surface area contributed by atoms with Gasteiger partial charge in [-0.2, -0.15) is 0 Å². The van der Waals surface area contributed by atoms with Crippen molar-refractivity contribution in [3.63, 3.8) is 0 Å². The van der Waals surface area contributed by atoms with Gasteiger partial charge in [0.15, 0.2) is 0 Å². The van der Waals surface area contributed by atoms with Crippen molar-refractivity contribution in [3.8, 4) is 0 Å². The molecule has 1 aromatic rings. The van der Waals surface area contributed by atoms with Gasteiger partial charge in [-0.25, -0.2) is 0 Å². The quantitative estimate of drug-likeness (QED) is 0.651. The Balaban J connectivity index is 2.15. The van der Waals surface area contributed by atoms with E-state index in [1.54, 1.807) is 0 Å². The van der Waals surface area contributed by atoms with Crippen LogP contribution >= 0.6 is 0 Å². The lowest BCUT2D eigenvalue weighted by Gasteiger charge is -2.40. The molecule has 0 unspecified atom stereocenters. The van der Waals surface area contributed by atoms with E-state index in [1.807, 2.05) is 24.1 Å². The number of amides is 1. The molecule has 0 radical (unpaired) electrons. The van der Waals surface area contributed by atoms with Gasteiger partial charge in [0.1, 0.15) is 0 Å². The molecule has 1 heterocycles. The number of hydrogen-bond acceptors (Lipinski definition) is 1. The predicted octanol–water partition coefficient (Wildman–Crippen LogP) is 2.93. The Morgan fingerprint density at radius 1 is 1.12 bits per heavy atom. The smallest absolute Gasteiger partial charge is 0.254 e. The summed E-state index contributed by atoms with van der Waals surface area (Å²) < 4.78 is 0. The van der Waals surface area contributed by atoms with Crippen molar-refractivity contribution in [2.45, 2.75) is 37.6 Å². The molecule has 1 aromatic carbocycles. The van der Waals surface area contributed by atoms with Gasteiger partial charge in [0.05, 0.1) is 5.54 Å². The Bertz CT molecular complexity index is 432. The molecular formula is C14H17NO. The van der Waals surface area contributed by atoms with Gasteiger partial charge in [-0.15, -0.1) is 0 Å². The van der Waals surface area contributed by atoms with Crippen LogP contribution in [-0.4, -0.2) is 17.9 Å². The second-order valence-corrected chi connectivity index (χ2v) is 5.00. The third kappa shape index (κ3) is 1.10. The molecule has 3 rings (SSSR count). The largest absolute Gasteiger partial charge is 0.332 e. The highest BCUT2D eigenvalue weighted by Crippen LogP contribution is 2.47. The molecule has 0 bridgehead atoms. The van der Waals surface area contributed by atoms with E-state index in [-0.39, 0.29) is 11.4 Å². The number of carbonyl (C=O) groups excluding carboxylic acids is 1. The van der Waals surface area contributed by atoms with E-state index >= 15 is 0 Å². The van der Waals surface area contributed by atoms with Crippen LogP contribution in [0.15, 0.2) is 24.3 Å². The van der Waals surface area contributed by atoms with E-state index in [2.05, 4.69) is 12.1 Å². The highest BCUT2D eigenvalue weighted by molar-refractivity contribution is 5.99. The lowest BCUT2D eigenvalue weighted by molar-refractivity contribution is 0.0529. The van der Waals surface area contributed by atoms with Gasteiger partial charge in [0, 0.05) is 12.6 Å². The molecular weight excluding hydrogens is 198 g/mol. The first-order valence-corrected chi connectivity index (χ1v) is 6.13. The zero-order valence-corrected chi connectivity index (χ0v) is 9.70. The highest BCUT2D eigenvalue weighted by Gasteiger charge is 2.47. The number of benzene rings is 1. The van der Waals surface area contributed by atoms with Crippen LogP contribution in [0.2, 0.25) is 0 Å². The lowest BCUT2D eigenvalue weighted by atomic mass is 9.77. The summed E-state index contributed by atoms with van der Waals surface area (Å²) in [5, 5.41) is 0. The Kier molecular flexibility index (Phi) is 2.06. The number of nitrogens with zero attached hydrogens (tertiary/aromatic N) is 1. The van der Waals surface area contributed by atoms with Crippen molar-refractivity contribution in [2.24, 2.45) is 0 Å². The fraction of sp³-hybridized carbons (Fsp3) is 0.500. The Labute approximate surface area is 96.3 Å². The van der Waals surface area contributed by atoms with Gasteiger partial charge in [0.2, 0.25) is 0 Å². The van der Waals surface area contributed by atoms with Crippen molar-refractivity contribution >= 4 is 5.91 Å². The van der Waals surface area contributed by atoms with Crippen LogP contribution in [-0.2, 0) is 5.54 Å². The zero-order valence-electron chi connectivity index (χ0n) is 9.70. The fourth-order valence-corrected chi connectivity index (χ4v) is 3.37. The lowest BCUT2D eigenvalue weighted by Crippen LogP contribution is -2.42. The predicted molar refractivity (Wildman–Crippen MR) is 63.3 cm³/mol. The van der Waals surface area contributed by atoms with Crippen LogP contribution in [0.3, 0.4) is 0 Å². The Morgan fingerprint density at radius 3 is 2.56 bits per heavy atom. The summed E-state index contributed by atoms with van der Waals surface area (Å²) in [5.41, 5.74) is 2.21. The Hall–Kier alpha value is -1.31. The molecule has 2 aliphatic rings. The zero-order chi connectivity index (χ0) is 11.2. The van der Waals surface area contributed by atoms with Crippen molar-refractivity contribution in [3.05, 3.63) is 35.4 Å². The number of carbonyl (C=O) groups is 1. The molecule has 2 heteroatoms. The Morgan fingerprint density at radius 2 is 1.81 bits per heavy atom. The SMILES string of the molecule is CN1C(=O)c2ccccc2C12CCCCC2. The van der Waals surface area contributed by atoms with Crippen LogP contribution in [0.25, 0.3) is 0 Å². The summed E-state index contributed by atoms with van der Waals surface area (Å²) >= 11 is 0. The van der Waals surface area contributed by atoms with Crippen LogP contribution < -0.4 is 0 Å². The minimum absolute atomic E-state index is 0.0198. The average Bonchev–Trinajstić information content (AvgIpc) is 2.55. The molecule has 1 aliphatic carbocycles. The molecule has 1 fully saturated rings. The van der Waals surface area contributed by atoms with E-state index < -0.39 is 0 Å². The molecule has 84 valence electrons. The molecule has 16 heavy (non-hydrogen) atoms. The topological polar surface area (TPSA) is 20.3 Å². The van der Waals surface area contributed by atoms with Crippen LogP contribution in [0.1, 0.15) is 48.0 Å². The first-order valence-electron chi connectivity index (χ1n) is 6.13. The van der Waals surface area contributed by atoms with E-state index in [4.69, 9.17) is 0 Å². The first kappa shape index (κ1) is 9.88. The molecule has 0 atom stereocenters. The summed E-state index contributed by atoms with van der Waals surface area (Å²) in [7, 11) is 1.97. The van der Waals surface area contributed by atoms with E-state index in [1.165, 1.54) is 24.8 Å². The highest BCUT2D eigenvalue weighted by atomic mass is 16.2. The summed E-state index contributed by atoms with van der Waals surface area (Å²) in [6.07, 6.45) is 6.06. The summed E-state index contributed by atoms with van der Waals surface area (Å²) in [4.78, 5) is 14.2. The number of hydrogen-bond donors (Lipinski definition) is 0. The average molecular weight is 215 g/mol. The molecule has 0 N–H and O–H groups in total. The van der Waals surface area contributed by atoms with Gasteiger partial charge >= 0.3 is 0 Å². The fourth-order valence-electron chi connectivity index (χ4n) is 3.37.